The topological polar surface area (TPSA) is 215 Å². The molecule has 1 heterocycles. The number of hydrazone groups is 2. The smallest absolute Gasteiger partial charge is 0.271 e. The van der Waals surface area contributed by atoms with Gasteiger partial charge in [-0.2, -0.15) is 10.2 Å². The number of para-hydroxylation sites is 1. The zero-order valence-electron chi connectivity index (χ0n) is 26.8. The van der Waals surface area contributed by atoms with Crippen molar-refractivity contribution in [1.82, 2.24) is 26.8 Å². The predicted molar refractivity (Wildman–Crippen MR) is 190 cm³/mol. The molecule has 5 rings (SSSR count). The van der Waals surface area contributed by atoms with E-state index in [1.165, 1.54) is 59.8 Å². The molecule has 0 aliphatic carbocycles. The molecule has 260 valence electrons. The monoisotopic (exact) mass is 701 g/mol. The molecule has 52 heavy (non-hydrogen) atoms. The summed E-state index contributed by atoms with van der Waals surface area (Å²) >= 11 is 0. The normalized spacial score (nSPS) is 11.4. The van der Waals surface area contributed by atoms with Crippen molar-refractivity contribution in [3.05, 3.63) is 142 Å². The fourth-order valence-electron chi connectivity index (χ4n) is 4.82. The van der Waals surface area contributed by atoms with Gasteiger partial charge in [0.1, 0.15) is 0 Å². The number of hydrogen-bond donors (Lipinski definition) is 7. The van der Waals surface area contributed by atoms with E-state index in [0.29, 0.717) is 27.6 Å². The first-order valence-corrected chi connectivity index (χ1v) is 15.2. The van der Waals surface area contributed by atoms with Crippen LogP contribution in [0, 0.1) is 5.82 Å². The molecule has 0 radical (unpaired) electrons. The Bertz CT molecular complexity index is 2300. The van der Waals surface area contributed by atoms with E-state index >= 15 is 4.39 Å². The van der Waals surface area contributed by atoms with Crippen molar-refractivity contribution in [2.45, 2.75) is 0 Å². The van der Waals surface area contributed by atoms with Crippen LogP contribution in [0.1, 0.15) is 43.1 Å². The number of hydrogen-bond acceptors (Lipinski definition) is 10. The lowest BCUT2D eigenvalue weighted by Gasteiger charge is -2.12. The second-order valence-electron chi connectivity index (χ2n) is 10.8. The van der Waals surface area contributed by atoms with E-state index < -0.39 is 35.2 Å². The molecule has 1 aromatic heterocycles. The number of benzene rings is 4. The lowest BCUT2D eigenvalue weighted by Crippen LogP contribution is -2.17. The molecule has 0 aliphatic rings. The van der Waals surface area contributed by atoms with Gasteiger partial charge in [-0.1, -0.05) is 42.5 Å². The Balaban J connectivity index is 1.36. The summed E-state index contributed by atoms with van der Waals surface area (Å²) < 4.78 is 15.1. The van der Waals surface area contributed by atoms with Crippen LogP contribution in [-0.2, 0) is 9.59 Å². The van der Waals surface area contributed by atoms with Crippen molar-refractivity contribution in [2.75, 3.05) is 0 Å². The van der Waals surface area contributed by atoms with E-state index in [0.717, 1.165) is 18.2 Å². The number of phenols is 1. The van der Waals surface area contributed by atoms with Crippen molar-refractivity contribution < 1.29 is 39.1 Å². The van der Waals surface area contributed by atoms with E-state index in [1.807, 2.05) is 0 Å². The van der Waals surface area contributed by atoms with Gasteiger partial charge in [0.15, 0.2) is 11.6 Å². The number of halogens is 1. The molecule has 4 amide bonds. The summed E-state index contributed by atoms with van der Waals surface area (Å²) in [4.78, 5) is 52.5. The Morgan fingerprint density at radius 3 is 1.83 bits per heavy atom. The Morgan fingerprint density at radius 2 is 1.23 bits per heavy atom. The first-order valence-electron chi connectivity index (χ1n) is 15.2. The highest BCUT2D eigenvalue weighted by molar-refractivity contribution is 6.01. The molecule has 0 bridgehead atoms. The molecule has 15 heteroatoms. The highest BCUT2D eigenvalue weighted by atomic mass is 19.1. The molecule has 5 aromatic rings. The van der Waals surface area contributed by atoms with E-state index in [9.17, 15) is 24.3 Å². The van der Waals surface area contributed by atoms with Crippen molar-refractivity contribution in [1.29, 1.82) is 0 Å². The highest BCUT2D eigenvalue weighted by Crippen LogP contribution is 2.36. The van der Waals surface area contributed by atoms with E-state index in [4.69, 9.17) is 10.4 Å². The SMILES string of the molecule is O=C(/C=C/c1cccc(C(=O)N/N=C/c2cc(F)c(O)c(-c3cc(/C=N/NC(=O)c4cccc(/C=C/C(=O)NO)c4)nc4ccccc34)c2)c1)NO. The van der Waals surface area contributed by atoms with E-state index in [2.05, 4.69) is 26.0 Å². The number of rotatable bonds is 11. The molecule has 0 saturated carbocycles. The highest BCUT2D eigenvalue weighted by Gasteiger charge is 2.16. The van der Waals surface area contributed by atoms with Crippen LogP contribution in [-0.4, -0.2) is 56.6 Å². The molecule has 0 saturated heterocycles. The fraction of sp³-hybridized carbons (Fsp3) is 0. The minimum atomic E-state index is -0.950. The number of fused-ring (bicyclic) bond motifs is 1. The summed E-state index contributed by atoms with van der Waals surface area (Å²) in [5.41, 5.74) is 10.6. The summed E-state index contributed by atoms with van der Waals surface area (Å²) in [5.74, 6) is -4.21. The zero-order chi connectivity index (χ0) is 37.0. The van der Waals surface area contributed by atoms with Crippen LogP contribution in [0.3, 0.4) is 0 Å². The van der Waals surface area contributed by atoms with Crippen LogP contribution in [0.5, 0.6) is 5.75 Å². The molecule has 0 atom stereocenters. The predicted octanol–water partition coefficient (Wildman–Crippen LogP) is 4.31. The van der Waals surface area contributed by atoms with Gasteiger partial charge in [0, 0.05) is 34.2 Å². The van der Waals surface area contributed by atoms with Crippen LogP contribution < -0.4 is 21.8 Å². The van der Waals surface area contributed by atoms with Gasteiger partial charge in [0.25, 0.3) is 23.6 Å². The minimum absolute atomic E-state index is 0.0937. The molecular weight excluding hydrogens is 673 g/mol. The summed E-state index contributed by atoms with van der Waals surface area (Å²) in [6, 6.07) is 23.6. The number of hydroxylamine groups is 2. The van der Waals surface area contributed by atoms with Gasteiger partial charge in [-0.05, 0) is 82.9 Å². The molecular formula is C37H28FN7O7. The first-order chi connectivity index (χ1) is 25.1. The molecule has 14 nitrogen and oxygen atoms in total. The molecule has 0 fully saturated rings. The standard InChI is InChI=1S/C37H28FN7O7/c38-31-18-24(20-39-42-36(49)25-7-3-5-22(15-25)11-13-33(46)44-51)17-30(35(31)48)29-19-27(41-32-10-2-1-9-28(29)32)21-40-43-37(50)26-8-4-6-23(16-26)12-14-34(47)45-52/h1-21,48,51-52H,(H,42,49)(H,43,50)(H,44,46)(H,45,47)/b13-11+,14-12+,39-20+,40-21+. The quantitative estimate of drug-likeness (QED) is 0.0455. The minimum Gasteiger partial charge on any atom is -0.504 e. The molecule has 0 aliphatic heterocycles. The van der Waals surface area contributed by atoms with Crippen molar-refractivity contribution in [3.63, 3.8) is 0 Å². The number of nitrogens with one attached hydrogen (secondary N) is 4. The second kappa shape index (κ2) is 16.8. The van der Waals surface area contributed by atoms with Gasteiger partial charge in [-0.3, -0.25) is 29.6 Å². The fourth-order valence-corrected chi connectivity index (χ4v) is 4.82. The van der Waals surface area contributed by atoms with Crippen molar-refractivity contribution in [3.8, 4) is 16.9 Å². The summed E-state index contributed by atoms with van der Waals surface area (Å²) in [7, 11) is 0. The van der Waals surface area contributed by atoms with Crippen molar-refractivity contribution in [2.24, 2.45) is 10.2 Å². The Labute approximate surface area is 294 Å². The Morgan fingerprint density at radius 1 is 0.654 bits per heavy atom. The third-order valence-electron chi connectivity index (χ3n) is 7.23. The first kappa shape index (κ1) is 35.9. The maximum atomic E-state index is 15.1. The van der Waals surface area contributed by atoms with Crippen LogP contribution in [0.15, 0.2) is 113 Å². The number of pyridine rings is 1. The molecule has 4 aromatic carbocycles. The summed E-state index contributed by atoms with van der Waals surface area (Å²) in [6.45, 7) is 0. The van der Waals surface area contributed by atoms with Gasteiger partial charge in [-0.25, -0.2) is 31.2 Å². The number of aromatic hydroxyl groups is 1. The second-order valence-corrected chi connectivity index (χ2v) is 10.8. The van der Waals surface area contributed by atoms with Gasteiger partial charge in [-0.15, -0.1) is 0 Å². The summed E-state index contributed by atoms with van der Waals surface area (Å²) in [6.07, 6.45) is 7.46. The largest absolute Gasteiger partial charge is 0.504 e. The Kier molecular flexibility index (Phi) is 11.6. The van der Waals surface area contributed by atoms with Crippen LogP contribution in [0.4, 0.5) is 4.39 Å². The lowest BCUT2D eigenvalue weighted by molar-refractivity contribution is -0.124. The average Bonchev–Trinajstić information content (AvgIpc) is 3.17. The van der Waals surface area contributed by atoms with Gasteiger partial charge in [0.05, 0.1) is 23.6 Å². The van der Waals surface area contributed by atoms with Crippen LogP contribution in [0.25, 0.3) is 34.2 Å². The number of carbonyl (C=O) groups is 4. The molecule has 0 spiro atoms. The van der Waals surface area contributed by atoms with Crippen molar-refractivity contribution >= 4 is 59.1 Å². The number of amides is 4. The third kappa shape index (κ3) is 9.20. The van der Waals surface area contributed by atoms with E-state index in [-0.39, 0.29) is 27.9 Å². The third-order valence-corrected chi connectivity index (χ3v) is 7.23. The van der Waals surface area contributed by atoms with Gasteiger partial charge in [0.2, 0.25) is 0 Å². The number of phenolic OH excluding ortho intramolecular Hbond substituents is 1. The van der Waals surface area contributed by atoms with E-state index in [1.54, 1.807) is 60.7 Å². The Hall–Kier alpha value is -7.36. The van der Waals surface area contributed by atoms with Crippen LogP contribution in [0.2, 0.25) is 0 Å². The van der Waals surface area contributed by atoms with Crippen LogP contribution >= 0.6 is 0 Å². The van der Waals surface area contributed by atoms with Gasteiger partial charge < -0.3 is 5.11 Å². The maximum Gasteiger partial charge on any atom is 0.271 e. The molecule has 0 unspecified atom stereocenters. The lowest BCUT2D eigenvalue weighted by atomic mass is 9.97. The number of carbonyl (C=O) groups excluding carboxylic acids is 4. The maximum absolute atomic E-state index is 15.1. The number of aromatic nitrogens is 1. The van der Waals surface area contributed by atoms with Gasteiger partial charge >= 0.3 is 0 Å². The summed E-state index contributed by atoms with van der Waals surface area (Å²) in [5, 5.41) is 36.6. The average molecular weight is 702 g/mol. The zero-order valence-corrected chi connectivity index (χ0v) is 26.8. The molecule has 7 N–H and O–H groups in total. The number of nitrogens with zero attached hydrogens (tertiary/aromatic N) is 3.